The van der Waals surface area contributed by atoms with Crippen LogP contribution in [0.4, 0.5) is 13.2 Å². The minimum absolute atomic E-state index is 0.0348. The Morgan fingerprint density at radius 3 is 2.61 bits per heavy atom. The molecule has 0 radical (unpaired) electrons. The molecule has 1 fully saturated rings. The summed E-state index contributed by atoms with van der Waals surface area (Å²) in [6.07, 6.45) is -3.02. The van der Waals surface area contributed by atoms with Crippen molar-refractivity contribution in [2.24, 2.45) is 0 Å². The number of carbonyl (C=O) groups excluding carboxylic acids is 1. The van der Waals surface area contributed by atoms with Gasteiger partial charge in [0.05, 0.1) is 10.6 Å². The summed E-state index contributed by atoms with van der Waals surface area (Å²) in [5.74, 6) is -1.26. The highest BCUT2D eigenvalue weighted by Gasteiger charge is 2.33. The zero-order chi connectivity index (χ0) is 26.5. The van der Waals surface area contributed by atoms with E-state index in [0.717, 1.165) is 25.5 Å². The zero-order valence-corrected chi connectivity index (χ0v) is 21.6. The molecule has 1 heterocycles. The second-order valence-corrected chi connectivity index (χ2v) is 11.3. The first kappa shape index (κ1) is 28.2. The van der Waals surface area contributed by atoms with Gasteiger partial charge in [-0.15, -0.1) is 13.2 Å². The van der Waals surface area contributed by atoms with Crippen molar-refractivity contribution in [2.75, 3.05) is 25.9 Å². The maximum atomic E-state index is 13.1. The molecule has 0 bridgehead atoms. The van der Waals surface area contributed by atoms with Crippen molar-refractivity contribution in [3.8, 4) is 5.75 Å². The van der Waals surface area contributed by atoms with E-state index in [1.54, 1.807) is 0 Å². The van der Waals surface area contributed by atoms with Crippen molar-refractivity contribution in [1.82, 2.24) is 15.5 Å². The molecule has 2 aromatic carbocycles. The summed E-state index contributed by atoms with van der Waals surface area (Å²) in [5.41, 5.74) is 0.545. The third kappa shape index (κ3) is 7.58. The van der Waals surface area contributed by atoms with E-state index in [4.69, 9.17) is 11.6 Å². The molecule has 1 aliphatic rings. The zero-order valence-electron chi connectivity index (χ0n) is 20.0. The molecule has 1 saturated heterocycles. The average Bonchev–Trinajstić information content (AvgIpc) is 2.82. The van der Waals surface area contributed by atoms with Crippen molar-refractivity contribution >= 4 is 27.3 Å². The number of benzene rings is 2. The van der Waals surface area contributed by atoms with Crippen molar-refractivity contribution in [3.05, 3.63) is 58.1 Å². The van der Waals surface area contributed by atoms with E-state index in [1.807, 2.05) is 11.9 Å². The van der Waals surface area contributed by atoms with Gasteiger partial charge in [-0.05, 0) is 62.3 Å². The average molecular weight is 548 g/mol. The first-order valence-electron chi connectivity index (χ1n) is 11.5. The van der Waals surface area contributed by atoms with Crippen LogP contribution in [0.3, 0.4) is 0 Å². The van der Waals surface area contributed by atoms with Crippen LogP contribution in [0.5, 0.6) is 5.75 Å². The van der Waals surface area contributed by atoms with Gasteiger partial charge in [0, 0.05) is 41.8 Å². The molecule has 12 heteroatoms. The van der Waals surface area contributed by atoms with Gasteiger partial charge in [-0.1, -0.05) is 24.6 Å². The van der Waals surface area contributed by atoms with Crippen molar-refractivity contribution in [1.29, 1.82) is 0 Å². The standard InChI is InChI=1S/C24H29ClF3N3O4S/c1-3-36(33,34)22-9-8-19(25)11-18(22)13-30-23(32)16-6-7-17(21(12-16)35-24(26,27)28)14-31-10-4-5-20(15-31)29-2/h6-9,11-12,20,29H,3-5,10,13-15H2,1-2H3,(H,30,32). The van der Waals surface area contributed by atoms with Gasteiger partial charge < -0.3 is 15.4 Å². The molecule has 36 heavy (non-hydrogen) atoms. The Balaban J connectivity index is 1.81. The Kier molecular flexibility index (Phi) is 9.26. The third-order valence-electron chi connectivity index (χ3n) is 6.04. The SMILES string of the molecule is CCS(=O)(=O)c1ccc(Cl)cc1CNC(=O)c1ccc(CN2CCCC(NC)C2)c(OC(F)(F)F)c1. The number of hydrogen-bond acceptors (Lipinski definition) is 6. The summed E-state index contributed by atoms with van der Waals surface area (Å²) in [6.45, 7) is 3.00. The third-order valence-corrected chi connectivity index (χ3v) is 8.10. The lowest BCUT2D eigenvalue weighted by Gasteiger charge is -2.33. The number of ether oxygens (including phenoxy) is 1. The number of sulfone groups is 1. The second-order valence-electron chi connectivity index (χ2n) is 8.57. The first-order valence-corrected chi connectivity index (χ1v) is 13.5. The van der Waals surface area contributed by atoms with Crippen LogP contribution < -0.4 is 15.4 Å². The molecule has 0 aromatic heterocycles. The number of alkyl halides is 3. The molecule has 1 atom stereocenters. The fourth-order valence-electron chi connectivity index (χ4n) is 4.14. The normalized spacial score (nSPS) is 17.1. The number of nitrogens with zero attached hydrogens (tertiary/aromatic N) is 1. The first-order chi connectivity index (χ1) is 16.9. The van der Waals surface area contributed by atoms with E-state index < -0.39 is 27.9 Å². The lowest BCUT2D eigenvalue weighted by Crippen LogP contribution is -2.43. The molecular formula is C24H29ClF3N3O4S. The molecule has 2 aromatic rings. The molecule has 7 nitrogen and oxygen atoms in total. The molecular weight excluding hydrogens is 519 g/mol. The number of piperidine rings is 1. The quantitative estimate of drug-likeness (QED) is 0.490. The van der Waals surface area contributed by atoms with Crippen LogP contribution >= 0.6 is 11.6 Å². The summed E-state index contributed by atoms with van der Waals surface area (Å²) in [5, 5.41) is 6.05. The van der Waals surface area contributed by atoms with Crippen LogP contribution in [-0.2, 0) is 22.9 Å². The lowest BCUT2D eigenvalue weighted by molar-refractivity contribution is -0.275. The van der Waals surface area contributed by atoms with Crippen LogP contribution in [0.2, 0.25) is 5.02 Å². The van der Waals surface area contributed by atoms with E-state index in [9.17, 15) is 26.4 Å². The highest BCUT2D eigenvalue weighted by Crippen LogP contribution is 2.30. The molecule has 198 valence electrons. The molecule has 1 unspecified atom stereocenters. The summed E-state index contributed by atoms with van der Waals surface area (Å²) >= 11 is 6.00. The van der Waals surface area contributed by atoms with Crippen LogP contribution in [-0.4, -0.2) is 57.5 Å². The summed E-state index contributed by atoms with van der Waals surface area (Å²) < 4.78 is 68.4. The Labute approximate surface area is 213 Å². The fraction of sp³-hybridized carbons (Fsp3) is 0.458. The molecule has 0 spiro atoms. The van der Waals surface area contributed by atoms with Gasteiger partial charge in [0.15, 0.2) is 9.84 Å². The molecule has 3 rings (SSSR count). The maximum absolute atomic E-state index is 13.1. The highest BCUT2D eigenvalue weighted by atomic mass is 35.5. The van der Waals surface area contributed by atoms with E-state index in [0.29, 0.717) is 12.1 Å². The number of likely N-dealkylation sites (N-methyl/N-ethyl adjacent to an activating group) is 1. The van der Waals surface area contributed by atoms with Crippen molar-refractivity contribution in [2.45, 2.75) is 50.2 Å². The molecule has 0 aliphatic carbocycles. The number of carbonyl (C=O) groups is 1. The van der Waals surface area contributed by atoms with Gasteiger partial charge in [-0.2, -0.15) is 0 Å². The Hall–Kier alpha value is -2.34. The second kappa shape index (κ2) is 11.8. The van der Waals surface area contributed by atoms with Gasteiger partial charge in [-0.25, -0.2) is 8.42 Å². The van der Waals surface area contributed by atoms with E-state index in [2.05, 4.69) is 15.4 Å². The maximum Gasteiger partial charge on any atom is 0.573 e. The van der Waals surface area contributed by atoms with Crippen LogP contribution in [0.25, 0.3) is 0 Å². The predicted octanol–water partition coefficient (Wildman–Crippen LogP) is 4.15. The monoisotopic (exact) mass is 547 g/mol. The number of hydrogen-bond donors (Lipinski definition) is 2. The Bertz CT molecular complexity index is 1190. The van der Waals surface area contributed by atoms with Gasteiger partial charge in [-0.3, -0.25) is 9.69 Å². The van der Waals surface area contributed by atoms with Crippen LogP contribution in [0.1, 0.15) is 41.3 Å². The minimum atomic E-state index is -4.93. The van der Waals surface area contributed by atoms with E-state index >= 15 is 0 Å². The van der Waals surface area contributed by atoms with E-state index in [1.165, 1.54) is 37.3 Å². The van der Waals surface area contributed by atoms with E-state index in [-0.39, 0.29) is 45.9 Å². The molecule has 0 saturated carbocycles. The van der Waals surface area contributed by atoms with Gasteiger partial charge in [0.25, 0.3) is 5.91 Å². The number of rotatable bonds is 9. The largest absolute Gasteiger partial charge is 0.573 e. The number of halogens is 4. The van der Waals surface area contributed by atoms with Gasteiger partial charge in [0.2, 0.25) is 0 Å². The minimum Gasteiger partial charge on any atom is -0.405 e. The number of nitrogens with one attached hydrogen (secondary N) is 2. The Morgan fingerprint density at radius 2 is 1.94 bits per heavy atom. The van der Waals surface area contributed by atoms with Gasteiger partial charge >= 0.3 is 6.36 Å². The van der Waals surface area contributed by atoms with Crippen molar-refractivity contribution in [3.63, 3.8) is 0 Å². The predicted molar refractivity (Wildman–Crippen MR) is 131 cm³/mol. The molecule has 1 amide bonds. The molecule has 1 aliphatic heterocycles. The topological polar surface area (TPSA) is 87.7 Å². The lowest BCUT2D eigenvalue weighted by atomic mass is 10.0. The Morgan fingerprint density at radius 1 is 1.19 bits per heavy atom. The smallest absolute Gasteiger partial charge is 0.405 e. The summed E-state index contributed by atoms with van der Waals surface area (Å²) in [7, 11) is -1.72. The fourth-order valence-corrected chi connectivity index (χ4v) is 5.46. The highest BCUT2D eigenvalue weighted by molar-refractivity contribution is 7.91. The van der Waals surface area contributed by atoms with Crippen molar-refractivity contribution < 1.29 is 31.1 Å². The van der Waals surface area contributed by atoms with Crippen LogP contribution in [0.15, 0.2) is 41.3 Å². The number of likely N-dealkylation sites (tertiary alicyclic amines) is 1. The summed E-state index contributed by atoms with van der Waals surface area (Å²) in [4.78, 5) is 14.9. The van der Waals surface area contributed by atoms with Crippen LogP contribution in [0, 0.1) is 0 Å². The van der Waals surface area contributed by atoms with Gasteiger partial charge in [0.1, 0.15) is 5.75 Å². The summed E-state index contributed by atoms with van der Waals surface area (Å²) in [6, 6.07) is 8.42. The number of amides is 1. The molecule has 2 N–H and O–H groups in total.